The van der Waals surface area contributed by atoms with E-state index in [-0.39, 0.29) is 0 Å². The van der Waals surface area contributed by atoms with E-state index in [0.29, 0.717) is 6.10 Å². The predicted molar refractivity (Wildman–Crippen MR) is 69.8 cm³/mol. The lowest BCUT2D eigenvalue weighted by Crippen LogP contribution is -2.25. The molecule has 16 heavy (non-hydrogen) atoms. The van der Waals surface area contributed by atoms with Crippen molar-refractivity contribution in [3.8, 4) is 0 Å². The molecule has 0 radical (unpaired) electrons. The molecule has 1 rings (SSSR count). The number of unbranched alkanes of at least 4 members (excludes halogenated alkanes) is 2. The van der Waals surface area contributed by atoms with Crippen LogP contribution in [0, 0.1) is 5.92 Å². The molecule has 0 aromatic heterocycles. The summed E-state index contributed by atoms with van der Waals surface area (Å²) in [4.78, 5) is 0. The fourth-order valence-corrected chi connectivity index (χ4v) is 2.47. The molecule has 1 aliphatic carbocycles. The van der Waals surface area contributed by atoms with Gasteiger partial charge in [-0.15, -0.1) is 0 Å². The summed E-state index contributed by atoms with van der Waals surface area (Å²) in [7, 11) is 0. The van der Waals surface area contributed by atoms with Crippen LogP contribution in [0.2, 0.25) is 0 Å². The van der Waals surface area contributed by atoms with Crippen molar-refractivity contribution in [1.82, 2.24) is 5.32 Å². The molecule has 0 aromatic rings. The predicted octanol–water partition coefficient (Wildman–Crippen LogP) is 3.36. The number of ether oxygens (including phenoxy) is 1. The first-order valence-corrected chi connectivity index (χ1v) is 7.17. The second-order valence-electron chi connectivity index (χ2n) is 5.09. The van der Waals surface area contributed by atoms with Crippen LogP contribution in [-0.2, 0) is 4.74 Å². The first-order chi connectivity index (χ1) is 7.84. The van der Waals surface area contributed by atoms with Gasteiger partial charge in [0.25, 0.3) is 0 Å². The highest BCUT2D eigenvalue weighted by Gasteiger charge is 2.21. The minimum absolute atomic E-state index is 0.558. The summed E-state index contributed by atoms with van der Waals surface area (Å²) in [6.45, 7) is 7.73. The van der Waals surface area contributed by atoms with E-state index >= 15 is 0 Å². The number of nitrogens with one attached hydrogen (secondary N) is 1. The van der Waals surface area contributed by atoms with Crippen molar-refractivity contribution < 1.29 is 4.74 Å². The summed E-state index contributed by atoms with van der Waals surface area (Å²) < 4.78 is 5.98. The summed E-state index contributed by atoms with van der Waals surface area (Å²) >= 11 is 0. The Labute approximate surface area is 101 Å². The van der Waals surface area contributed by atoms with Crippen molar-refractivity contribution in [1.29, 1.82) is 0 Å². The molecule has 0 amide bonds. The molecule has 1 fully saturated rings. The molecule has 2 unspecified atom stereocenters. The molecule has 0 saturated heterocycles. The monoisotopic (exact) mass is 227 g/mol. The van der Waals surface area contributed by atoms with E-state index in [1.807, 2.05) is 0 Å². The average Bonchev–Trinajstić information content (AvgIpc) is 2.30. The lowest BCUT2D eigenvalue weighted by molar-refractivity contribution is -0.00651. The smallest absolute Gasteiger partial charge is 0.0600 e. The highest BCUT2D eigenvalue weighted by molar-refractivity contribution is 4.72. The Bertz CT molecular complexity index is 161. The van der Waals surface area contributed by atoms with Gasteiger partial charge in [-0.2, -0.15) is 0 Å². The van der Waals surface area contributed by atoms with E-state index in [1.165, 1.54) is 44.9 Å². The quantitative estimate of drug-likeness (QED) is 0.642. The third-order valence-electron chi connectivity index (χ3n) is 3.61. The largest absolute Gasteiger partial charge is 0.378 e. The van der Waals surface area contributed by atoms with Crippen LogP contribution >= 0.6 is 0 Å². The molecule has 0 spiro atoms. The Morgan fingerprint density at radius 1 is 1.12 bits per heavy atom. The van der Waals surface area contributed by atoms with E-state index in [9.17, 15) is 0 Å². The van der Waals surface area contributed by atoms with E-state index in [2.05, 4.69) is 19.2 Å². The molecule has 0 heterocycles. The van der Waals surface area contributed by atoms with Gasteiger partial charge in [0.2, 0.25) is 0 Å². The van der Waals surface area contributed by atoms with Crippen molar-refractivity contribution >= 4 is 0 Å². The minimum atomic E-state index is 0.558. The Morgan fingerprint density at radius 3 is 2.69 bits per heavy atom. The second kappa shape index (κ2) is 9.00. The maximum absolute atomic E-state index is 5.98. The third kappa shape index (κ3) is 5.86. The van der Waals surface area contributed by atoms with Crippen LogP contribution in [0.25, 0.3) is 0 Å². The second-order valence-corrected chi connectivity index (χ2v) is 5.09. The first-order valence-electron chi connectivity index (χ1n) is 7.17. The zero-order valence-corrected chi connectivity index (χ0v) is 11.1. The molecule has 0 bridgehead atoms. The molecule has 0 aromatic carbocycles. The molecule has 1 aliphatic rings. The van der Waals surface area contributed by atoms with Crippen LogP contribution in [0.5, 0.6) is 0 Å². The standard InChI is InChI=1S/C14H29NO/c1-3-15-11-7-4-8-12-16-14-10-6-5-9-13(14)2/h13-15H,3-12H2,1-2H3. The molecule has 2 heteroatoms. The van der Waals surface area contributed by atoms with Crippen molar-refractivity contribution in [3.63, 3.8) is 0 Å². The average molecular weight is 227 g/mol. The molecule has 96 valence electrons. The van der Waals surface area contributed by atoms with Crippen LogP contribution in [0.4, 0.5) is 0 Å². The van der Waals surface area contributed by atoms with Gasteiger partial charge in [0.05, 0.1) is 6.10 Å². The van der Waals surface area contributed by atoms with Gasteiger partial charge in [0, 0.05) is 6.61 Å². The van der Waals surface area contributed by atoms with Crippen LogP contribution in [0.1, 0.15) is 58.8 Å². The van der Waals surface area contributed by atoms with Gasteiger partial charge in [-0.25, -0.2) is 0 Å². The molecular weight excluding hydrogens is 198 g/mol. The van der Waals surface area contributed by atoms with Crippen LogP contribution < -0.4 is 5.32 Å². The minimum Gasteiger partial charge on any atom is -0.378 e. The number of hydrogen-bond acceptors (Lipinski definition) is 2. The Morgan fingerprint density at radius 2 is 1.94 bits per heavy atom. The van der Waals surface area contributed by atoms with E-state index in [1.54, 1.807) is 0 Å². The van der Waals surface area contributed by atoms with E-state index in [4.69, 9.17) is 4.74 Å². The molecule has 1 saturated carbocycles. The summed E-state index contributed by atoms with van der Waals surface area (Å²) in [5.41, 5.74) is 0. The van der Waals surface area contributed by atoms with E-state index in [0.717, 1.165) is 25.6 Å². The van der Waals surface area contributed by atoms with Gasteiger partial charge in [0.15, 0.2) is 0 Å². The van der Waals surface area contributed by atoms with Gasteiger partial charge in [-0.05, 0) is 51.1 Å². The molecular formula is C14H29NO. The topological polar surface area (TPSA) is 21.3 Å². The van der Waals surface area contributed by atoms with Crippen LogP contribution in [0.3, 0.4) is 0 Å². The maximum Gasteiger partial charge on any atom is 0.0600 e. The number of hydrogen-bond donors (Lipinski definition) is 1. The van der Waals surface area contributed by atoms with Gasteiger partial charge >= 0.3 is 0 Å². The lowest BCUT2D eigenvalue weighted by Gasteiger charge is -2.28. The Hall–Kier alpha value is -0.0800. The summed E-state index contributed by atoms with van der Waals surface area (Å²) in [6, 6.07) is 0. The molecule has 0 aliphatic heterocycles. The zero-order chi connectivity index (χ0) is 11.6. The zero-order valence-electron chi connectivity index (χ0n) is 11.1. The highest BCUT2D eigenvalue weighted by atomic mass is 16.5. The van der Waals surface area contributed by atoms with E-state index < -0.39 is 0 Å². The summed E-state index contributed by atoms with van der Waals surface area (Å²) in [5, 5.41) is 3.35. The highest BCUT2D eigenvalue weighted by Crippen LogP contribution is 2.26. The maximum atomic E-state index is 5.98. The lowest BCUT2D eigenvalue weighted by atomic mass is 9.88. The van der Waals surface area contributed by atoms with Gasteiger partial charge in [0.1, 0.15) is 0 Å². The van der Waals surface area contributed by atoms with Gasteiger partial charge in [-0.3, -0.25) is 0 Å². The number of rotatable bonds is 8. The first kappa shape index (κ1) is 14.0. The van der Waals surface area contributed by atoms with Gasteiger partial charge < -0.3 is 10.1 Å². The summed E-state index contributed by atoms with van der Waals surface area (Å²) in [5.74, 6) is 0.788. The van der Waals surface area contributed by atoms with Crippen LogP contribution in [-0.4, -0.2) is 25.8 Å². The SMILES string of the molecule is CCNCCCCCOC1CCCCC1C. The van der Waals surface area contributed by atoms with Crippen molar-refractivity contribution in [2.24, 2.45) is 5.92 Å². The third-order valence-corrected chi connectivity index (χ3v) is 3.61. The molecule has 2 nitrogen and oxygen atoms in total. The fraction of sp³-hybridized carbons (Fsp3) is 1.00. The van der Waals surface area contributed by atoms with Crippen molar-refractivity contribution in [2.75, 3.05) is 19.7 Å². The van der Waals surface area contributed by atoms with Crippen molar-refractivity contribution in [3.05, 3.63) is 0 Å². The van der Waals surface area contributed by atoms with Gasteiger partial charge in [-0.1, -0.05) is 26.7 Å². The molecule has 1 N–H and O–H groups in total. The Kier molecular flexibility index (Phi) is 7.87. The molecule has 2 atom stereocenters. The Balaban J connectivity index is 1.90. The normalized spacial score (nSPS) is 25.9. The summed E-state index contributed by atoms with van der Waals surface area (Å²) in [6.07, 6.45) is 9.81. The van der Waals surface area contributed by atoms with Crippen LogP contribution in [0.15, 0.2) is 0 Å². The fourth-order valence-electron chi connectivity index (χ4n) is 2.47. The van der Waals surface area contributed by atoms with Crippen molar-refractivity contribution in [2.45, 2.75) is 64.9 Å².